The second kappa shape index (κ2) is 11.5. The van der Waals surface area contributed by atoms with Gasteiger partial charge in [0.2, 0.25) is 21.8 Å². The van der Waals surface area contributed by atoms with E-state index in [0.717, 1.165) is 41.8 Å². The number of Topliss-reactive ketones (excluding diaryl/α,β-unsaturated/α-hetero) is 1. The molecule has 0 bridgehead atoms. The molecular weight excluding hydrogens is 466 g/mol. The molecule has 3 rings (SSSR count). The van der Waals surface area contributed by atoms with Gasteiger partial charge in [-0.2, -0.15) is 0 Å². The summed E-state index contributed by atoms with van der Waals surface area (Å²) >= 11 is 0. The third-order valence-corrected chi connectivity index (χ3v) is 7.43. The van der Waals surface area contributed by atoms with Gasteiger partial charge in [0.15, 0.2) is 5.78 Å². The number of carbonyl (C=O) groups is 3. The van der Waals surface area contributed by atoms with Crippen molar-refractivity contribution >= 4 is 33.3 Å². The van der Waals surface area contributed by atoms with E-state index < -0.39 is 28.5 Å². The first-order valence-corrected chi connectivity index (χ1v) is 13.6. The molecule has 1 saturated carbocycles. The Morgan fingerprint density at radius 1 is 1.03 bits per heavy atom. The summed E-state index contributed by atoms with van der Waals surface area (Å²) in [6.07, 6.45) is 4.97. The van der Waals surface area contributed by atoms with E-state index in [2.05, 4.69) is 5.32 Å². The normalized spacial score (nSPS) is 14.8. The average Bonchev–Trinajstić information content (AvgIpc) is 3.33. The summed E-state index contributed by atoms with van der Waals surface area (Å²) in [5.41, 5.74) is 1.39. The van der Waals surface area contributed by atoms with Crippen molar-refractivity contribution in [2.24, 2.45) is 0 Å². The van der Waals surface area contributed by atoms with Gasteiger partial charge in [-0.15, -0.1) is 0 Å². The van der Waals surface area contributed by atoms with E-state index in [1.807, 2.05) is 30.3 Å². The van der Waals surface area contributed by atoms with Gasteiger partial charge in [-0.05, 0) is 44.4 Å². The number of ketones is 1. The van der Waals surface area contributed by atoms with E-state index in [-0.39, 0.29) is 30.0 Å². The monoisotopic (exact) mass is 499 g/mol. The molecule has 2 aromatic rings. The van der Waals surface area contributed by atoms with Crippen LogP contribution in [-0.2, 0) is 26.2 Å². The zero-order chi connectivity index (χ0) is 25.6. The molecule has 8 nitrogen and oxygen atoms in total. The SMILES string of the molecule is CC(=O)c1cccc(N(CC(=O)N(Cc2ccccc2)C(C)C(=O)NC2CCCC2)S(C)(=O)=O)c1. The number of rotatable bonds is 10. The minimum atomic E-state index is -3.85. The molecule has 2 amide bonds. The van der Waals surface area contributed by atoms with E-state index in [1.54, 1.807) is 25.1 Å². The molecule has 1 unspecified atom stereocenters. The lowest BCUT2D eigenvalue weighted by molar-refractivity contribution is -0.139. The number of hydrogen-bond acceptors (Lipinski definition) is 5. The van der Waals surface area contributed by atoms with Gasteiger partial charge >= 0.3 is 0 Å². The van der Waals surface area contributed by atoms with Crippen LogP contribution in [0.3, 0.4) is 0 Å². The molecule has 0 heterocycles. The molecule has 1 fully saturated rings. The Morgan fingerprint density at radius 2 is 1.69 bits per heavy atom. The highest BCUT2D eigenvalue weighted by Crippen LogP contribution is 2.22. The van der Waals surface area contributed by atoms with Gasteiger partial charge in [0.25, 0.3) is 0 Å². The fraction of sp³-hybridized carbons (Fsp3) is 0.423. The molecule has 0 aromatic heterocycles. The molecule has 0 aliphatic heterocycles. The van der Waals surface area contributed by atoms with Crippen LogP contribution < -0.4 is 9.62 Å². The van der Waals surface area contributed by atoms with Crippen LogP contribution in [-0.4, -0.2) is 55.8 Å². The molecule has 0 spiro atoms. The number of nitrogens with zero attached hydrogens (tertiary/aromatic N) is 2. The van der Waals surface area contributed by atoms with E-state index in [1.165, 1.54) is 17.9 Å². The van der Waals surface area contributed by atoms with Gasteiger partial charge in [0.05, 0.1) is 11.9 Å². The van der Waals surface area contributed by atoms with Crippen LogP contribution in [0.25, 0.3) is 0 Å². The van der Waals surface area contributed by atoms with Crippen LogP contribution in [0.2, 0.25) is 0 Å². The number of nitrogens with one attached hydrogen (secondary N) is 1. The lowest BCUT2D eigenvalue weighted by atomic mass is 10.1. The average molecular weight is 500 g/mol. The van der Waals surface area contributed by atoms with Crippen molar-refractivity contribution in [1.82, 2.24) is 10.2 Å². The van der Waals surface area contributed by atoms with Crippen LogP contribution in [0.15, 0.2) is 54.6 Å². The van der Waals surface area contributed by atoms with Crippen LogP contribution in [0.1, 0.15) is 55.5 Å². The quantitative estimate of drug-likeness (QED) is 0.506. The predicted molar refractivity (Wildman–Crippen MR) is 135 cm³/mol. The van der Waals surface area contributed by atoms with Gasteiger partial charge < -0.3 is 10.2 Å². The maximum absolute atomic E-state index is 13.6. The summed E-state index contributed by atoms with van der Waals surface area (Å²) in [5, 5.41) is 3.03. The van der Waals surface area contributed by atoms with Crippen molar-refractivity contribution in [2.45, 2.75) is 58.2 Å². The van der Waals surface area contributed by atoms with E-state index >= 15 is 0 Å². The van der Waals surface area contributed by atoms with Gasteiger partial charge in [0.1, 0.15) is 12.6 Å². The van der Waals surface area contributed by atoms with Crippen LogP contribution in [0.5, 0.6) is 0 Å². The zero-order valence-electron chi connectivity index (χ0n) is 20.4. The fourth-order valence-electron chi connectivity index (χ4n) is 4.25. The van der Waals surface area contributed by atoms with E-state index in [9.17, 15) is 22.8 Å². The smallest absolute Gasteiger partial charge is 0.244 e. The molecule has 1 aliphatic rings. The second-order valence-electron chi connectivity index (χ2n) is 9.05. The molecule has 9 heteroatoms. The maximum atomic E-state index is 13.6. The number of sulfonamides is 1. The Balaban J connectivity index is 1.88. The van der Waals surface area contributed by atoms with E-state index in [4.69, 9.17) is 0 Å². The van der Waals surface area contributed by atoms with Gasteiger partial charge in [-0.25, -0.2) is 8.42 Å². The number of benzene rings is 2. The molecule has 0 radical (unpaired) electrons. The topological polar surface area (TPSA) is 104 Å². The molecule has 0 saturated heterocycles. The van der Waals surface area contributed by atoms with Gasteiger partial charge in [-0.3, -0.25) is 18.7 Å². The van der Waals surface area contributed by atoms with Crippen molar-refractivity contribution in [3.05, 3.63) is 65.7 Å². The first kappa shape index (κ1) is 26.4. The van der Waals surface area contributed by atoms with Gasteiger partial charge in [-0.1, -0.05) is 55.3 Å². The van der Waals surface area contributed by atoms with Gasteiger partial charge in [0, 0.05) is 18.2 Å². The number of hydrogen-bond donors (Lipinski definition) is 1. The highest BCUT2D eigenvalue weighted by atomic mass is 32.2. The summed E-state index contributed by atoms with van der Waals surface area (Å²) in [4.78, 5) is 39.8. The Kier molecular flexibility index (Phi) is 8.67. The second-order valence-corrected chi connectivity index (χ2v) is 11.0. The van der Waals surface area contributed by atoms with Crippen LogP contribution in [0, 0.1) is 0 Å². The minimum absolute atomic E-state index is 0.0977. The summed E-state index contributed by atoms with van der Waals surface area (Å²) in [5.74, 6) is -0.984. The summed E-state index contributed by atoms with van der Waals surface area (Å²) in [7, 11) is -3.85. The van der Waals surface area contributed by atoms with Crippen molar-refractivity contribution in [3.8, 4) is 0 Å². The zero-order valence-corrected chi connectivity index (χ0v) is 21.3. The van der Waals surface area contributed by atoms with Crippen molar-refractivity contribution in [3.63, 3.8) is 0 Å². The molecule has 1 N–H and O–H groups in total. The Labute approximate surface area is 207 Å². The summed E-state index contributed by atoms with van der Waals surface area (Å²) in [6.45, 7) is 2.71. The molecular formula is C26H33N3O5S. The van der Waals surface area contributed by atoms with E-state index in [0.29, 0.717) is 5.56 Å². The largest absolute Gasteiger partial charge is 0.352 e. The Hall–Kier alpha value is -3.20. The highest BCUT2D eigenvalue weighted by Gasteiger charge is 2.31. The van der Waals surface area contributed by atoms with Crippen molar-refractivity contribution in [1.29, 1.82) is 0 Å². The third kappa shape index (κ3) is 7.14. The first-order valence-electron chi connectivity index (χ1n) is 11.8. The van der Waals surface area contributed by atoms with Crippen molar-refractivity contribution in [2.75, 3.05) is 17.1 Å². The van der Waals surface area contributed by atoms with Crippen molar-refractivity contribution < 1.29 is 22.8 Å². The van der Waals surface area contributed by atoms with Crippen LogP contribution in [0.4, 0.5) is 5.69 Å². The number of amides is 2. The lowest BCUT2D eigenvalue weighted by Gasteiger charge is -2.32. The molecule has 2 aromatic carbocycles. The lowest BCUT2D eigenvalue weighted by Crippen LogP contribution is -2.52. The summed E-state index contributed by atoms with van der Waals surface area (Å²) in [6, 6.07) is 14.7. The maximum Gasteiger partial charge on any atom is 0.244 e. The minimum Gasteiger partial charge on any atom is -0.352 e. The summed E-state index contributed by atoms with van der Waals surface area (Å²) < 4.78 is 26.3. The number of carbonyl (C=O) groups excluding carboxylic acids is 3. The predicted octanol–water partition coefficient (Wildman–Crippen LogP) is 3.13. The molecule has 35 heavy (non-hydrogen) atoms. The third-order valence-electron chi connectivity index (χ3n) is 6.28. The molecule has 1 atom stereocenters. The fourth-order valence-corrected chi connectivity index (χ4v) is 5.09. The van der Waals surface area contributed by atoms with Crippen LogP contribution >= 0.6 is 0 Å². The molecule has 1 aliphatic carbocycles. The highest BCUT2D eigenvalue weighted by molar-refractivity contribution is 7.92. The first-order chi connectivity index (χ1) is 16.6. The standard InChI is InChI=1S/C26H33N3O5S/c1-19(26(32)27-23-13-7-8-14-23)28(17-21-10-5-4-6-11-21)25(31)18-29(35(3,33)34)24-15-9-12-22(16-24)20(2)30/h4-6,9-12,15-16,19,23H,7-8,13-14,17-18H2,1-3H3,(H,27,32). The number of anilines is 1. The molecule has 188 valence electrons. The Bertz CT molecular complexity index is 1160. The Morgan fingerprint density at radius 3 is 2.29 bits per heavy atom.